The van der Waals surface area contributed by atoms with E-state index in [2.05, 4.69) is 9.97 Å². The highest BCUT2D eigenvalue weighted by Gasteiger charge is 2.14. The summed E-state index contributed by atoms with van der Waals surface area (Å²) in [4.78, 5) is 8.71. The molecule has 0 aliphatic rings. The summed E-state index contributed by atoms with van der Waals surface area (Å²) in [6.07, 6.45) is 0. The van der Waals surface area contributed by atoms with Gasteiger partial charge in [-0.25, -0.2) is 14.4 Å². The van der Waals surface area contributed by atoms with Gasteiger partial charge in [0.1, 0.15) is 11.0 Å². The van der Waals surface area contributed by atoms with Gasteiger partial charge in [-0.1, -0.05) is 29.3 Å². The Labute approximate surface area is 131 Å². The molecule has 0 fully saturated rings. The molecule has 0 radical (unpaired) electrons. The van der Waals surface area contributed by atoms with Crippen LogP contribution in [0.1, 0.15) is 11.1 Å². The van der Waals surface area contributed by atoms with Crippen LogP contribution in [0.5, 0.6) is 0 Å². The zero-order chi connectivity index (χ0) is 15.1. The maximum absolute atomic E-state index is 13.9. The van der Waals surface area contributed by atoms with E-state index in [1.165, 1.54) is 6.07 Å². The van der Waals surface area contributed by atoms with E-state index in [1.807, 2.05) is 26.0 Å². The van der Waals surface area contributed by atoms with Crippen LogP contribution in [0, 0.1) is 19.7 Å². The first-order valence-electron chi connectivity index (χ1n) is 6.36. The number of halogens is 3. The van der Waals surface area contributed by atoms with Gasteiger partial charge >= 0.3 is 0 Å². The van der Waals surface area contributed by atoms with Crippen molar-refractivity contribution in [2.75, 3.05) is 0 Å². The number of aryl methyl sites for hydroxylation is 2. The molecule has 0 unspecified atom stereocenters. The molecule has 3 rings (SSSR count). The van der Waals surface area contributed by atoms with Crippen LogP contribution in [0.15, 0.2) is 30.3 Å². The minimum Gasteiger partial charge on any atom is -0.227 e. The summed E-state index contributed by atoms with van der Waals surface area (Å²) in [5.74, 6) is 0.0512. The van der Waals surface area contributed by atoms with Crippen molar-refractivity contribution in [1.82, 2.24) is 9.97 Å². The van der Waals surface area contributed by atoms with E-state index in [4.69, 9.17) is 23.2 Å². The first kappa shape index (κ1) is 14.2. The van der Waals surface area contributed by atoms with Crippen LogP contribution in [0.4, 0.5) is 4.39 Å². The Morgan fingerprint density at radius 2 is 1.71 bits per heavy atom. The molecule has 2 nitrogen and oxygen atoms in total. The van der Waals surface area contributed by atoms with Gasteiger partial charge in [-0.3, -0.25) is 0 Å². The molecular formula is C16H11Cl2FN2. The van der Waals surface area contributed by atoms with Gasteiger partial charge in [0.25, 0.3) is 0 Å². The largest absolute Gasteiger partial charge is 0.227 e. The van der Waals surface area contributed by atoms with Crippen LogP contribution in [-0.4, -0.2) is 9.97 Å². The summed E-state index contributed by atoms with van der Waals surface area (Å²) in [7, 11) is 0. The lowest BCUT2D eigenvalue weighted by molar-refractivity contribution is 0.639. The molecule has 106 valence electrons. The van der Waals surface area contributed by atoms with Crippen LogP contribution >= 0.6 is 23.2 Å². The molecule has 0 N–H and O–H groups in total. The van der Waals surface area contributed by atoms with Crippen molar-refractivity contribution >= 4 is 34.1 Å². The molecule has 1 aromatic heterocycles. The van der Waals surface area contributed by atoms with Crippen LogP contribution in [0.2, 0.25) is 10.2 Å². The van der Waals surface area contributed by atoms with E-state index in [1.54, 1.807) is 12.1 Å². The second kappa shape index (κ2) is 5.24. The summed E-state index contributed by atoms with van der Waals surface area (Å²) < 4.78 is 13.9. The topological polar surface area (TPSA) is 25.8 Å². The molecular weight excluding hydrogens is 310 g/mol. The van der Waals surface area contributed by atoms with E-state index in [9.17, 15) is 4.39 Å². The molecule has 0 saturated carbocycles. The first-order chi connectivity index (χ1) is 9.97. The van der Waals surface area contributed by atoms with E-state index in [-0.39, 0.29) is 10.5 Å². The Kier molecular flexibility index (Phi) is 3.56. The molecule has 0 bridgehead atoms. The van der Waals surface area contributed by atoms with Crippen LogP contribution in [-0.2, 0) is 0 Å². The third-order valence-electron chi connectivity index (χ3n) is 3.39. The van der Waals surface area contributed by atoms with Crippen molar-refractivity contribution in [3.05, 3.63) is 57.5 Å². The number of rotatable bonds is 1. The smallest absolute Gasteiger partial charge is 0.161 e. The van der Waals surface area contributed by atoms with Gasteiger partial charge in [-0.2, -0.15) is 0 Å². The predicted octanol–water partition coefficient (Wildman–Crippen LogP) is 5.36. The molecule has 0 aliphatic heterocycles. The summed E-state index contributed by atoms with van der Waals surface area (Å²) >= 11 is 12.1. The Bertz CT molecular complexity index is 863. The number of aromatic nitrogens is 2. The molecule has 0 saturated heterocycles. The van der Waals surface area contributed by atoms with Crippen LogP contribution < -0.4 is 0 Å². The van der Waals surface area contributed by atoms with E-state index in [0.717, 1.165) is 16.7 Å². The highest BCUT2D eigenvalue weighted by molar-refractivity contribution is 6.34. The van der Waals surface area contributed by atoms with E-state index in [0.29, 0.717) is 16.4 Å². The van der Waals surface area contributed by atoms with Crippen molar-refractivity contribution in [2.45, 2.75) is 13.8 Å². The lowest BCUT2D eigenvalue weighted by Gasteiger charge is -2.09. The normalized spacial score (nSPS) is 11.1. The van der Waals surface area contributed by atoms with Crippen LogP contribution in [0.3, 0.4) is 0 Å². The molecule has 2 aromatic carbocycles. The Balaban J connectivity index is 2.33. The predicted molar refractivity (Wildman–Crippen MR) is 84.4 cm³/mol. The number of hydrogen-bond acceptors (Lipinski definition) is 2. The van der Waals surface area contributed by atoms with Gasteiger partial charge in [0.2, 0.25) is 0 Å². The zero-order valence-corrected chi connectivity index (χ0v) is 12.9. The van der Waals surface area contributed by atoms with Gasteiger partial charge < -0.3 is 0 Å². The van der Waals surface area contributed by atoms with Crippen molar-refractivity contribution in [1.29, 1.82) is 0 Å². The lowest BCUT2D eigenvalue weighted by atomic mass is 10.1. The molecule has 21 heavy (non-hydrogen) atoms. The fraction of sp³-hybridized carbons (Fsp3) is 0.125. The number of nitrogens with zero attached hydrogens (tertiary/aromatic N) is 2. The maximum Gasteiger partial charge on any atom is 0.161 e. The van der Waals surface area contributed by atoms with Crippen molar-refractivity contribution < 1.29 is 4.39 Å². The monoisotopic (exact) mass is 320 g/mol. The maximum atomic E-state index is 13.9. The van der Waals surface area contributed by atoms with Gasteiger partial charge in [-0.15, -0.1) is 0 Å². The summed E-state index contributed by atoms with van der Waals surface area (Å²) in [6.45, 7) is 3.78. The van der Waals surface area contributed by atoms with E-state index >= 15 is 0 Å². The number of hydrogen-bond donors (Lipinski definition) is 0. The quantitative estimate of drug-likeness (QED) is 0.564. The molecule has 3 aromatic rings. The van der Waals surface area contributed by atoms with Gasteiger partial charge in [-0.05, 0) is 49.2 Å². The van der Waals surface area contributed by atoms with Gasteiger partial charge in [0.15, 0.2) is 5.82 Å². The SMILES string of the molecule is Cc1cc(Cl)ccc1-c1nc(Cl)c2c(F)ccc(C)c2n1. The molecule has 0 aliphatic carbocycles. The average molecular weight is 321 g/mol. The fourth-order valence-electron chi connectivity index (χ4n) is 2.29. The van der Waals surface area contributed by atoms with Gasteiger partial charge in [0.05, 0.1) is 10.9 Å². The Morgan fingerprint density at radius 1 is 0.952 bits per heavy atom. The molecule has 0 spiro atoms. The average Bonchev–Trinajstić information content (AvgIpc) is 2.42. The second-order valence-corrected chi connectivity index (χ2v) is 5.68. The Hall–Kier alpha value is -1.71. The highest BCUT2D eigenvalue weighted by atomic mass is 35.5. The minimum atomic E-state index is -0.417. The molecule has 5 heteroatoms. The summed E-state index contributed by atoms with van der Waals surface area (Å²) in [5, 5.41) is 1.02. The van der Waals surface area contributed by atoms with Crippen molar-refractivity contribution in [3.8, 4) is 11.4 Å². The fourth-order valence-corrected chi connectivity index (χ4v) is 2.78. The molecule has 1 heterocycles. The summed E-state index contributed by atoms with van der Waals surface area (Å²) in [6, 6.07) is 8.49. The van der Waals surface area contributed by atoms with Gasteiger partial charge in [0, 0.05) is 10.6 Å². The van der Waals surface area contributed by atoms with Crippen molar-refractivity contribution in [3.63, 3.8) is 0 Å². The lowest BCUT2D eigenvalue weighted by Crippen LogP contribution is -1.97. The highest BCUT2D eigenvalue weighted by Crippen LogP contribution is 2.30. The molecule has 0 amide bonds. The minimum absolute atomic E-state index is 0.116. The van der Waals surface area contributed by atoms with E-state index < -0.39 is 5.82 Å². The third-order valence-corrected chi connectivity index (χ3v) is 3.89. The number of fused-ring (bicyclic) bond motifs is 1. The third kappa shape index (κ3) is 2.47. The summed E-state index contributed by atoms with van der Waals surface area (Å²) in [5.41, 5.74) is 3.14. The second-order valence-electron chi connectivity index (χ2n) is 4.89. The van der Waals surface area contributed by atoms with Crippen LogP contribution in [0.25, 0.3) is 22.3 Å². The molecule has 0 atom stereocenters. The zero-order valence-electron chi connectivity index (χ0n) is 11.4. The van der Waals surface area contributed by atoms with Crippen molar-refractivity contribution in [2.24, 2.45) is 0 Å². The first-order valence-corrected chi connectivity index (χ1v) is 7.12. The number of benzene rings is 2. The Morgan fingerprint density at radius 3 is 2.43 bits per heavy atom. The standard InChI is InChI=1S/C16H11Cl2FN2/c1-8-3-6-12(19)13-14(8)20-16(21-15(13)18)11-5-4-10(17)7-9(11)2/h3-7H,1-2H3.